The Morgan fingerprint density at radius 1 is 1.59 bits per heavy atom. The molecule has 0 spiro atoms. The van der Waals surface area contributed by atoms with Crippen molar-refractivity contribution in [1.82, 2.24) is 10.3 Å². The summed E-state index contributed by atoms with van der Waals surface area (Å²) >= 11 is 3.02. The molecular formula is C10H10BrFN2O3. The molecule has 0 unspecified atom stereocenters. The summed E-state index contributed by atoms with van der Waals surface area (Å²) in [6.07, 6.45) is -0.842. The van der Waals surface area contributed by atoms with Gasteiger partial charge in [0.05, 0.1) is 5.60 Å². The number of hydrogen-bond acceptors (Lipinski definition) is 3. The van der Waals surface area contributed by atoms with Crippen LogP contribution < -0.4 is 5.32 Å². The zero-order valence-corrected chi connectivity index (χ0v) is 10.2. The second-order valence-corrected chi connectivity index (χ2v) is 4.87. The second-order valence-electron chi connectivity index (χ2n) is 4.06. The van der Waals surface area contributed by atoms with Crippen LogP contribution in [0.15, 0.2) is 16.7 Å². The first-order chi connectivity index (χ1) is 7.90. The van der Waals surface area contributed by atoms with Crippen molar-refractivity contribution < 1.29 is 19.4 Å². The van der Waals surface area contributed by atoms with Gasteiger partial charge in [0.2, 0.25) is 5.95 Å². The van der Waals surface area contributed by atoms with Gasteiger partial charge in [0.25, 0.3) is 0 Å². The predicted molar refractivity (Wildman–Crippen MR) is 60.0 cm³/mol. The first-order valence-corrected chi connectivity index (χ1v) is 5.74. The minimum atomic E-state index is -1.33. The maximum atomic E-state index is 13.5. The monoisotopic (exact) mass is 304 g/mol. The molecule has 17 heavy (non-hydrogen) atoms. The van der Waals surface area contributed by atoms with Crippen molar-refractivity contribution in [2.75, 3.05) is 0 Å². The third kappa shape index (κ3) is 2.39. The van der Waals surface area contributed by atoms with Crippen molar-refractivity contribution in [3.8, 4) is 0 Å². The Labute approximate surface area is 105 Å². The number of hydrogen-bond donors (Lipinski definition) is 3. The van der Waals surface area contributed by atoms with Crippen molar-refractivity contribution in [2.45, 2.75) is 24.5 Å². The van der Waals surface area contributed by atoms with Crippen LogP contribution in [0, 0.1) is 5.95 Å². The highest BCUT2D eigenvalue weighted by Gasteiger charge is 2.46. The summed E-state index contributed by atoms with van der Waals surface area (Å²) in [6.45, 7) is 0. The third-order valence-electron chi connectivity index (χ3n) is 2.81. The normalized spacial score (nSPS) is 27.4. The molecule has 3 N–H and O–H groups in total. The zero-order chi connectivity index (χ0) is 12.6. The quantitative estimate of drug-likeness (QED) is 0.725. The minimum absolute atomic E-state index is 0.101. The molecule has 1 saturated carbocycles. The summed E-state index contributed by atoms with van der Waals surface area (Å²) in [6, 6.07) is 2.64. The highest BCUT2D eigenvalue weighted by atomic mass is 79.9. The average molecular weight is 305 g/mol. The van der Waals surface area contributed by atoms with E-state index < -0.39 is 17.6 Å². The van der Waals surface area contributed by atoms with Gasteiger partial charge in [-0.15, -0.1) is 0 Å². The molecule has 1 aromatic heterocycles. The van der Waals surface area contributed by atoms with Crippen molar-refractivity contribution in [2.24, 2.45) is 0 Å². The number of nitrogens with zero attached hydrogens (tertiary/aromatic N) is 1. The van der Waals surface area contributed by atoms with Crippen LogP contribution in [0.5, 0.6) is 0 Å². The van der Waals surface area contributed by atoms with E-state index in [4.69, 9.17) is 5.11 Å². The molecule has 0 radical (unpaired) electrons. The Bertz CT molecular complexity index is 463. The van der Waals surface area contributed by atoms with E-state index in [9.17, 15) is 14.3 Å². The highest BCUT2D eigenvalue weighted by Crippen LogP contribution is 2.42. The van der Waals surface area contributed by atoms with Gasteiger partial charge in [-0.05, 0) is 28.1 Å². The summed E-state index contributed by atoms with van der Waals surface area (Å²) in [5, 5.41) is 20.8. The summed E-state index contributed by atoms with van der Waals surface area (Å²) in [4.78, 5) is 13.9. The van der Waals surface area contributed by atoms with Crippen LogP contribution in [0.3, 0.4) is 0 Å². The molecule has 7 heteroatoms. The van der Waals surface area contributed by atoms with E-state index in [1.54, 1.807) is 0 Å². The lowest BCUT2D eigenvalue weighted by Gasteiger charge is -2.43. The molecule has 92 valence electrons. The molecule has 0 atom stereocenters. The third-order valence-corrected chi connectivity index (χ3v) is 3.25. The van der Waals surface area contributed by atoms with Crippen LogP contribution in [-0.4, -0.2) is 27.3 Å². The Balaban J connectivity index is 2.11. The van der Waals surface area contributed by atoms with Crippen LogP contribution in [0.1, 0.15) is 18.4 Å². The van der Waals surface area contributed by atoms with Gasteiger partial charge in [-0.3, -0.25) is 0 Å². The lowest BCUT2D eigenvalue weighted by Crippen LogP contribution is -2.53. The van der Waals surface area contributed by atoms with Gasteiger partial charge in [0, 0.05) is 24.4 Å². The second kappa shape index (κ2) is 4.23. The highest BCUT2D eigenvalue weighted by molar-refractivity contribution is 9.10. The van der Waals surface area contributed by atoms with Crippen LogP contribution in [0.4, 0.5) is 9.18 Å². The maximum absolute atomic E-state index is 13.5. The number of amides is 1. The van der Waals surface area contributed by atoms with Crippen LogP contribution in [-0.2, 0) is 5.60 Å². The van der Waals surface area contributed by atoms with E-state index in [0.717, 1.165) is 0 Å². The summed E-state index contributed by atoms with van der Waals surface area (Å²) < 4.78 is 13.9. The van der Waals surface area contributed by atoms with E-state index in [0.29, 0.717) is 4.60 Å². The fourth-order valence-electron chi connectivity index (χ4n) is 2.01. The van der Waals surface area contributed by atoms with Crippen LogP contribution >= 0.6 is 15.9 Å². The van der Waals surface area contributed by atoms with Gasteiger partial charge in [0.1, 0.15) is 4.60 Å². The molecule has 0 aliphatic heterocycles. The number of pyridine rings is 1. The van der Waals surface area contributed by atoms with Crippen molar-refractivity contribution in [1.29, 1.82) is 0 Å². The molecule has 1 fully saturated rings. The SMILES string of the molecule is O=C(O)N[C@H]1C[C@@](O)(c2ccc(Br)nc2F)C1. The molecule has 5 nitrogen and oxygen atoms in total. The number of carbonyl (C=O) groups is 1. The summed E-state index contributed by atoms with van der Waals surface area (Å²) in [5.74, 6) is -0.740. The average Bonchev–Trinajstić information content (AvgIpc) is 2.13. The van der Waals surface area contributed by atoms with Crippen LogP contribution in [0.2, 0.25) is 0 Å². The first kappa shape index (κ1) is 12.3. The Hall–Kier alpha value is -1.21. The molecule has 1 heterocycles. The molecule has 1 aliphatic carbocycles. The molecule has 0 aromatic carbocycles. The van der Waals surface area contributed by atoms with E-state index in [2.05, 4.69) is 26.2 Å². The molecule has 2 rings (SSSR count). The van der Waals surface area contributed by atoms with Gasteiger partial charge in [-0.2, -0.15) is 4.39 Å². The molecular weight excluding hydrogens is 295 g/mol. The number of halogens is 2. The number of nitrogens with one attached hydrogen (secondary N) is 1. The Morgan fingerprint density at radius 3 is 2.76 bits per heavy atom. The Kier molecular flexibility index (Phi) is 3.05. The fourth-order valence-corrected chi connectivity index (χ4v) is 2.30. The standard InChI is InChI=1S/C10H10BrFN2O3/c11-7-2-1-6(8(12)14-7)10(17)3-5(4-10)13-9(15)16/h1-2,5,13,17H,3-4H2,(H,15,16)/t5-,10-. The Morgan fingerprint density at radius 2 is 2.24 bits per heavy atom. The molecule has 1 aromatic rings. The number of aliphatic hydroxyl groups is 1. The van der Waals surface area contributed by atoms with Gasteiger partial charge in [-0.25, -0.2) is 9.78 Å². The smallest absolute Gasteiger partial charge is 0.404 e. The van der Waals surface area contributed by atoms with Crippen molar-refractivity contribution >= 4 is 22.0 Å². The van der Waals surface area contributed by atoms with Gasteiger partial charge in [0.15, 0.2) is 0 Å². The number of rotatable bonds is 2. The number of aromatic nitrogens is 1. The van der Waals surface area contributed by atoms with Crippen molar-refractivity contribution in [3.05, 3.63) is 28.2 Å². The lowest BCUT2D eigenvalue weighted by molar-refractivity contribution is -0.0629. The summed E-state index contributed by atoms with van der Waals surface area (Å²) in [7, 11) is 0. The first-order valence-electron chi connectivity index (χ1n) is 4.95. The van der Waals surface area contributed by atoms with E-state index in [-0.39, 0.29) is 24.4 Å². The maximum Gasteiger partial charge on any atom is 0.404 e. The van der Waals surface area contributed by atoms with Gasteiger partial charge in [-0.1, -0.05) is 0 Å². The molecule has 0 bridgehead atoms. The fraction of sp³-hybridized carbons (Fsp3) is 0.400. The van der Waals surface area contributed by atoms with Crippen molar-refractivity contribution in [3.63, 3.8) is 0 Å². The minimum Gasteiger partial charge on any atom is -0.465 e. The molecule has 0 saturated heterocycles. The van der Waals surface area contributed by atoms with E-state index >= 15 is 0 Å². The molecule has 1 amide bonds. The molecule has 1 aliphatic rings. The van der Waals surface area contributed by atoms with Gasteiger partial charge >= 0.3 is 6.09 Å². The largest absolute Gasteiger partial charge is 0.465 e. The number of carboxylic acid groups (broad SMARTS) is 1. The van der Waals surface area contributed by atoms with Gasteiger partial charge < -0.3 is 15.5 Å². The zero-order valence-electron chi connectivity index (χ0n) is 8.65. The topological polar surface area (TPSA) is 82.5 Å². The summed E-state index contributed by atoms with van der Waals surface area (Å²) in [5.41, 5.74) is -1.23. The lowest BCUT2D eigenvalue weighted by atomic mass is 9.71. The van der Waals surface area contributed by atoms with E-state index in [1.165, 1.54) is 12.1 Å². The van der Waals surface area contributed by atoms with E-state index in [1.807, 2.05) is 0 Å². The van der Waals surface area contributed by atoms with Crippen LogP contribution in [0.25, 0.3) is 0 Å². The predicted octanol–water partition coefficient (Wildman–Crippen LogP) is 1.60.